The molecule has 1 fully saturated rings. The minimum Gasteiger partial charge on any atom is -0.341 e. The molecule has 0 spiro atoms. The van der Waals surface area contributed by atoms with E-state index in [1.54, 1.807) is 28.9 Å². The average Bonchev–Trinajstić information content (AvgIpc) is 2.67. The molecule has 0 unspecified atom stereocenters. The molecule has 2 amide bonds. The van der Waals surface area contributed by atoms with Crippen LogP contribution in [0.15, 0.2) is 24.3 Å². The van der Waals surface area contributed by atoms with Crippen molar-refractivity contribution in [2.24, 2.45) is 0 Å². The van der Waals surface area contributed by atoms with Gasteiger partial charge in [-0.2, -0.15) is 0 Å². The van der Waals surface area contributed by atoms with E-state index in [4.69, 9.17) is 0 Å². The minimum absolute atomic E-state index is 0.0296. The normalized spacial score (nSPS) is 15.9. The molecule has 5 heteroatoms. The minimum atomic E-state index is -0.298. The van der Waals surface area contributed by atoms with Crippen molar-refractivity contribution in [3.63, 3.8) is 0 Å². The van der Waals surface area contributed by atoms with Gasteiger partial charge in [0.1, 0.15) is 5.82 Å². The largest absolute Gasteiger partial charge is 0.341 e. The molecule has 0 radical (unpaired) electrons. The SMILES string of the molecule is CC(=O)N1CCCN(C(=O)Cc2ccc(F)cc2)CC1. The van der Waals surface area contributed by atoms with Gasteiger partial charge in [-0.05, 0) is 24.1 Å². The number of hydrogen-bond acceptors (Lipinski definition) is 2. The summed E-state index contributed by atoms with van der Waals surface area (Å²) in [6.07, 6.45) is 1.08. The number of rotatable bonds is 2. The topological polar surface area (TPSA) is 40.6 Å². The highest BCUT2D eigenvalue weighted by molar-refractivity contribution is 5.79. The highest BCUT2D eigenvalue weighted by atomic mass is 19.1. The van der Waals surface area contributed by atoms with Crippen LogP contribution in [0.3, 0.4) is 0 Å². The second kappa shape index (κ2) is 6.50. The molecule has 1 aliphatic heterocycles. The quantitative estimate of drug-likeness (QED) is 0.821. The average molecular weight is 278 g/mol. The van der Waals surface area contributed by atoms with Crippen LogP contribution in [0.25, 0.3) is 0 Å². The molecule has 0 saturated carbocycles. The van der Waals surface area contributed by atoms with Gasteiger partial charge in [-0.1, -0.05) is 12.1 Å². The number of carbonyl (C=O) groups excluding carboxylic acids is 2. The fourth-order valence-corrected chi connectivity index (χ4v) is 2.37. The van der Waals surface area contributed by atoms with Gasteiger partial charge < -0.3 is 9.80 Å². The van der Waals surface area contributed by atoms with Gasteiger partial charge >= 0.3 is 0 Å². The van der Waals surface area contributed by atoms with E-state index in [1.165, 1.54) is 12.1 Å². The molecule has 1 heterocycles. The van der Waals surface area contributed by atoms with Crippen LogP contribution < -0.4 is 0 Å². The Bertz CT molecular complexity index is 487. The van der Waals surface area contributed by atoms with E-state index in [2.05, 4.69) is 0 Å². The van der Waals surface area contributed by atoms with Gasteiger partial charge in [-0.3, -0.25) is 9.59 Å². The van der Waals surface area contributed by atoms with Gasteiger partial charge in [0.2, 0.25) is 11.8 Å². The van der Waals surface area contributed by atoms with Gasteiger partial charge in [0.25, 0.3) is 0 Å². The van der Waals surface area contributed by atoms with Crippen LogP contribution in [0.4, 0.5) is 4.39 Å². The van der Waals surface area contributed by atoms with Gasteiger partial charge in [0, 0.05) is 33.1 Å². The van der Waals surface area contributed by atoms with Crippen LogP contribution in [0.2, 0.25) is 0 Å². The molecule has 108 valence electrons. The number of nitrogens with zero attached hydrogens (tertiary/aromatic N) is 2. The predicted molar refractivity (Wildman–Crippen MR) is 73.6 cm³/mol. The molecule has 20 heavy (non-hydrogen) atoms. The fraction of sp³-hybridized carbons (Fsp3) is 0.467. The molecule has 1 aromatic carbocycles. The first-order valence-corrected chi connectivity index (χ1v) is 6.84. The standard InChI is InChI=1S/C15H19FN2O2/c1-12(19)17-7-2-8-18(10-9-17)15(20)11-13-3-5-14(16)6-4-13/h3-6H,2,7-11H2,1H3. The molecule has 0 aromatic heterocycles. The first-order valence-electron chi connectivity index (χ1n) is 6.84. The third kappa shape index (κ3) is 3.79. The van der Waals surface area contributed by atoms with Crippen molar-refractivity contribution in [1.29, 1.82) is 0 Å². The summed E-state index contributed by atoms with van der Waals surface area (Å²) in [5, 5.41) is 0. The predicted octanol–water partition coefficient (Wildman–Crippen LogP) is 1.45. The molecular formula is C15H19FN2O2. The zero-order valence-electron chi connectivity index (χ0n) is 11.6. The Kier molecular flexibility index (Phi) is 4.71. The van der Waals surface area contributed by atoms with Crippen molar-refractivity contribution in [2.75, 3.05) is 26.2 Å². The molecular weight excluding hydrogens is 259 g/mol. The smallest absolute Gasteiger partial charge is 0.227 e. The van der Waals surface area contributed by atoms with E-state index >= 15 is 0 Å². The Morgan fingerprint density at radius 1 is 1.05 bits per heavy atom. The first-order chi connectivity index (χ1) is 9.56. The highest BCUT2D eigenvalue weighted by Crippen LogP contribution is 2.08. The Balaban J connectivity index is 1.92. The number of benzene rings is 1. The van der Waals surface area contributed by atoms with Crippen molar-refractivity contribution >= 4 is 11.8 Å². The van der Waals surface area contributed by atoms with Crippen molar-refractivity contribution in [2.45, 2.75) is 19.8 Å². The maximum Gasteiger partial charge on any atom is 0.227 e. The Morgan fingerprint density at radius 3 is 2.30 bits per heavy atom. The van der Waals surface area contributed by atoms with Gasteiger partial charge in [0.15, 0.2) is 0 Å². The molecule has 1 aromatic rings. The fourth-order valence-electron chi connectivity index (χ4n) is 2.37. The Hall–Kier alpha value is -1.91. The maximum absolute atomic E-state index is 12.8. The van der Waals surface area contributed by atoms with E-state index in [1.807, 2.05) is 0 Å². The molecule has 1 saturated heterocycles. The summed E-state index contributed by atoms with van der Waals surface area (Å²) in [5.41, 5.74) is 0.809. The highest BCUT2D eigenvalue weighted by Gasteiger charge is 2.20. The summed E-state index contributed by atoms with van der Waals surface area (Å²) in [6.45, 7) is 4.08. The van der Waals surface area contributed by atoms with Crippen LogP contribution in [0, 0.1) is 5.82 Å². The monoisotopic (exact) mass is 278 g/mol. The molecule has 4 nitrogen and oxygen atoms in total. The van der Waals surface area contributed by atoms with Gasteiger partial charge in [0.05, 0.1) is 6.42 Å². The number of hydrogen-bond donors (Lipinski definition) is 0. The number of halogens is 1. The lowest BCUT2D eigenvalue weighted by Crippen LogP contribution is -2.37. The van der Waals surface area contributed by atoms with Crippen molar-refractivity contribution in [1.82, 2.24) is 9.80 Å². The lowest BCUT2D eigenvalue weighted by atomic mass is 10.1. The van der Waals surface area contributed by atoms with Gasteiger partial charge in [-0.15, -0.1) is 0 Å². The van der Waals surface area contributed by atoms with E-state index in [9.17, 15) is 14.0 Å². The molecule has 0 N–H and O–H groups in total. The van der Waals surface area contributed by atoms with Crippen LogP contribution >= 0.6 is 0 Å². The summed E-state index contributed by atoms with van der Waals surface area (Å²) >= 11 is 0. The van der Waals surface area contributed by atoms with Gasteiger partial charge in [-0.25, -0.2) is 4.39 Å². The summed E-state index contributed by atoms with van der Waals surface area (Å²) < 4.78 is 12.8. The summed E-state index contributed by atoms with van der Waals surface area (Å²) in [4.78, 5) is 27.1. The Labute approximate surface area is 118 Å². The van der Waals surface area contributed by atoms with Crippen LogP contribution in [-0.2, 0) is 16.0 Å². The van der Waals surface area contributed by atoms with Crippen molar-refractivity contribution in [3.05, 3.63) is 35.6 Å². The summed E-state index contributed by atoms with van der Waals surface area (Å²) in [6, 6.07) is 5.99. The van der Waals surface area contributed by atoms with Crippen molar-refractivity contribution < 1.29 is 14.0 Å². The van der Waals surface area contributed by atoms with Crippen LogP contribution in [-0.4, -0.2) is 47.8 Å². The van der Waals surface area contributed by atoms with E-state index in [-0.39, 0.29) is 24.1 Å². The molecule has 1 aliphatic rings. The van der Waals surface area contributed by atoms with E-state index < -0.39 is 0 Å². The second-order valence-electron chi connectivity index (χ2n) is 5.04. The Morgan fingerprint density at radius 2 is 1.65 bits per heavy atom. The zero-order chi connectivity index (χ0) is 14.5. The third-order valence-corrected chi connectivity index (χ3v) is 3.56. The van der Waals surface area contributed by atoms with Crippen molar-refractivity contribution in [3.8, 4) is 0 Å². The summed E-state index contributed by atoms with van der Waals surface area (Å²) in [5.74, 6) is -0.215. The first kappa shape index (κ1) is 14.5. The molecule has 0 bridgehead atoms. The van der Waals surface area contributed by atoms with E-state index in [0.29, 0.717) is 26.2 Å². The molecule has 0 atom stereocenters. The molecule has 0 aliphatic carbocycles. The number of amides is 2. The number of carbonyl (C=O) groups is 2. The lowest BCUT2D eigenvalue weighted by molar-refractivity contribution is -0.132. The molecule has 2 rings (SSSR count). The lowest BCUT2D eigenvalue weighted by Gasteiger charge is -2.21. The maximum atomic E-state index is 12.8. The zero-order valence-corrected chi connectivity index (χ0v) is 11.6. The third-order valence-electron chi connectivity index (χ3n) is 3.56. The van der Waals surface area contributed by atoms with E-state index in [0.717, 1.165) is 12.0 Å². The van der Waals surface area contributed by atoms with Crippen LogP contribution in [0.5, 0.6) is 0 Å². The second-order valence-corrected chi connectivity index (χ2v) is 5.04. The van der Waals surface area contributed by atoms with Crippen LogP contribution in [0.1, 0.15) is 18.9 Å². The summed E-state index contributed by atoms with van der Waals surface area (Å²) in [7, 11) is 0.